The van der Waals surface area contributed by atoms with Crippen LogP contribution in [0.25, 0.3) is 0 Å². The van der Waals surface area contributed by atoms with Crippen LogP contribution in [0, 0.1) is 10.6 Å². The molecule has 1 heterocycles. The molecule has 1 amide bonds. The molecule has 0 aliphatic carbocycles. The topological polar surface area (TPSA) is 56.0 Å². The fourth-order valence-corrected chi connectivity index (χ4v) is 1.77. The summed E-state index contributed by atoms with van der Waals surface area (Å²) >= 11 is 1.65. The molecule has 2 N–H and O–H groups in total. The molecular weight excluding hydrogens is 305 g/mol. The van der Waals surface area contributed by atoms with Gasteiger partial charge in [-0.2, -0.15) is 0 Å². The minimum Gasteiger partial charge on any atom is -0.366 e. The highest BCUT2D eigenvalue weighted by Gasteiger charge is 2.22. The fourth-order valence-electron chi connectivity index (χ4n) is 1.13. The van der Waals surface area contributed by atoms with E-state index in [1.54, 1.807) is 22.6 Å². The molecule has 0 bridgehead atoms. The van der Waals surface area contributed by atoms with E-state index in [-0.39, 0.29) is 14.8 Å². The Morgan fingerprint density at radius 1 is 1.64 bits per heavy atom. The van der Waals surface area contributed by atoms with E-state index in [1.807, 2.05) is 0 Å². The Balaban J connectivity index is 3.50. The van der Waals surface area contributed by atoms with E-state index in [0.29, 0.717) is 5.56 Å². The van der Waals surface area contributed by atoms with E-state index in [0.717, 1.165) is 0 Å². The van der Waals surface area contributed by atoms with Crippen LogP contribution in [0.3, 0.4) is 0 Å². The first-order valence-electron chi connectivity index (χ1n) is 3.68. The fraction of sp³-hybridized carbons (Fsp3) is 0.250. The zero-order valence-electron chi connectivity index (χ0n) is 7.22. The van der Waals surface area contributed by atoms with Crippen LogP contribution >= 0.6 is 22.6 Å². The largest absolute Gasteiger partial charge is 0.366 e. The zero-order chi connectivity index (χ0) is 10.9. The van der Waals surface area contributed by atoms with E-state index in [4.69, 9.17) is 5.73 Å². The van der Waals surface area contributed by atoms with Gasteiger partial charge in [-0.15, -0.1) is 0 Å². The molecule has 1 aromatic rings. The second kappa shape index (κ2) is 4.16. The molecule has 0 saturated heterocycles. The average molecular weight is 312 g/mol. The first-order valence-corrected chi connectivity index (χ1v) is 4.76. The highest BCUT2D eigenvalue weighted by molar-refractivity contribution is 14.1. The number of hydrogen-bond donors (Lipinski definition) is 1. The van der Waals surface area contributed by atoms with Crippen molar-refractivity contribution in [2.75, 3.05) is 0 Å². The van der Waals surface area contributed by atoms with Gasteiger partial charge in [-0.05, 0) is 35.1 Å². The number of amides is 1. The third-order valence-electron chi connectivity index (χ3n) is 1.72. The summed E-state index contributed by atoms with van der Waals surface area (Å²) in [6, 6.07) is 0. The lowest BCUT2D eigenvalue weighted by Crippen LogP contribution is -2.17. The van der Waals surface area contributed by atoms with Crippen molar-refractivity contribution in [1.82, 2.24) is 4.98 Å². The third-order valence-corrected chi connectivity index (χ3v) is 2.58. The number of alkyl halides is 2. The summed E-state index contributed by atoms with van der Waals surface area (Å²) in [6.45, 7) is 1.52. The molecule has 76 valence electrons. The number of pyridine rings is 1. The van der Waals surface area contributed by atoms with E-state index < -0.39 is 12.3 Å². The van der Waals surface area contributed by atoms with Gasteiger partial charge in [0.2, 0.25) is 5.91 Å². The number of carbonyl (C=O) groups excluding carboxylic acids is 1. The number of rotatable bonds is 2. The van der Waals surface area contributed by atoms with Gasteiger partial charge < -0.3 is 5.73 Å². The molecule has 0 saturated carbocycles. The number of aryl methyl sites for hydroxylation is 1. The number of aromatic nitrogens is 1. The first-order chi connectivity index (χ1) is 6.45. The summed E-state index contributed by atoms with van der Waals surface area (Å²) in [4.78, 5) is 14.7. The lowest BCUT2D eigenvalue weighted by molar-refractivity contribution is 0.0984. The number of hydrogen-bond acceptors (Lipinski definition) is 2. The second-order valence-corrected chi connectivity index (χ2v) is 3.71. The number of carbonyl (C=O) groups is 1. The predicted octanol–water partition coefficient (Wildman–Crippen LogP) is 2.03. The van der Waals surface area contributed by atoms with Crippen molar-refractivity contribution < 1.29 is 13.6 Å². The Morgan fingerprint density at radius 3 is 2.57 bits per heavy atom. The number of nitrogens with zero attached hydrogens (tertiary/aromatic N) is 1. The Hall–Kier alpha value is -0.790. The van der Waals surface area contributed by atoms with Gasteiger partial charge in [-0.1, -0.05) is 0 Å². The van der Waals surface area contributed by atoms with Gasteiger partial charge in [0.1, 0.15) is 3.70 Å². The molecule has 0 atom stereocenters. The molecular formula is C8H7F2IN2O. The molecule has 1 aromatic heterocycles. The van der Waals surface area contributed by atoms with E-state index in [9.17, 15) is 13.6 Å². The molecule has 6 heteroatoms. The lowest BCUT2D eigenvalue weighted by Gasteiger charge is -2.09. The Kier molecular flexibility index (Phi) is 3.35. The predicted molar refractivity (Wildman–Crippen MR) is 55.2 cm³/mol. The number of primary amides is 1. The summed E-state index contributed by atoms with van der Waals surface area (Å²) in [5.74, 6) is -0.849. The van der Waals surface area contributed by atoms with Crippen LogP contribution in [0.2, 0.25) is 0 Å². The standard InChI is InChI=1S/C8H7F2IN2O/c1-3-2-13-7(11)5(6(9)10)4(3)8(12)14/h2,6H,1H3,(H2,12,14). The maximum absolute atomic E-state index is 12.6. The minimum absolute atomic E-state index is 0.108. The average Bonchev–Trinajstić information content (AvgIpc) is 2.07. The maximum Gasteiger partial charge on any atom is 0.267 e. The van der Waals surface area contributed by atoms with Crippen LogP contribution in [-0.4, -0.2) is 10.9 Å². The van der Waals surface area contributed by atoms with Crippen molar-refractivity contribution in [2.45, 2.75) is 13.3 Å². The van der Waals surface area contributed by atoms with Crippen molar-refractivity contribution in [1.29, 1.82) is 0 Å². The van der Waals surface area contributed by atoms with Crippen LogP contribution in [0.5, 0.6) is 0 Å². The van der Waals surface area contributed by atoms with Gasteiger partial charge in [-0.25, -0.2) is 13.8 Å². The molecule has 0 aliphatic heterocycles. The highest BCUT2D eigenvalue weighted by Crippen LogP contribution is 2.28. The van der Waals surface area contributed by atoms with E-state index >= 15 is 0 Å². The van der Waals surface area contributed by atoms with E-state index in [1.165, 1.54) is 13.1 Å². The summed E-state index contributed by atoms with van der Waals surface area (Å²) < 4.78 is 25.3. The maximum atomic E-state index is 12.6. The molecule has 14 heavy (non-hydrogen) atoms. The summed E-state index contributed by atoms with van der Waals surface area (Å²) in [6.07, 6.45) is -1.38. The summed E-state index contributed by atoms with van der Waals surface area (Å²) in [5, 5.41) is 0. The molecule has 3 nitrogen and oxygen atoms in total. The summed E-state index contributed by atoms with van der Waals surface area (Å²) in [5.41, 5.74) is 4.89. The molecule has 0 radical (unpaired) electrons. The van der Waals surface area contributed by atoms with Gasteiger partial charge >= 0.3 is 0 Å². The Morgan fingerprint density at radius 2 is 2.21 bits per heavy atom. The van der Waals surface area contributed by atoms with Crippen LogP contribution < -0.4 is 5.73 Å². The van der Waals surface area contributed by atoms with Crippen molar-refractivity contribution in [3.63, 3.8) is 0 Å². The van der Waals surface area contributed by atoms with Crippen LogP contribution in [-0.2, 0) is 0 Å². The molecule has 0 aromatic carbocycles. The normalized spacial score (nSPS) is 10.6. The van der Waals surface area contributed by atoms with Gasteiger partial charge in [0.05, 0.1) is 11.1 Å². The SMILES string of the molecule is Cc1cnc(I)c(C(F)F)c1C(N)=O. The zero-order valence-corrected chi connectivity index (χ0v) is 9.38. The second-order valence-electron chi connectivity index (χ2n) is 2.69. The monoisotopic (exact) mass is 312 g/mol. The first kappa shape index (κ1) is 11.3. The van der Waals surface area contributed by atoms with Gasteiger partial charge in [0.25, 0.3) is 6.43 Å². The van der Waals surface area contributed by atoms with Crippen molar-refractivity contribution in [3.8, 4) is 0 Å². The van der Waals surface area contributed by atoms with Crippen molar-refractivity contribution in [3.05, 3.63) is 26.6 Å². The van der Waals surface area contributed by atoms with Crippen LogP contribution in [0.4, 0.5) is 8.78 Å². The highest BCUT2D eigenvalue weighted by atomic mass is 127. The molecule has 0 aliphatic rings. The Labute approximate surface area is 92.8 Å². The van der Waals surface area contributed by atoms with E-state index in [2.05, 4.69) is 4.98 Å². The smallest absolute Gasteiger partial charge is 0.267 e. The third kappa shape index (κ3) is 1.99. The van der Waals surface area contributed by atoms with Crippen molar-refractivity contribution >= 4 is 28.5 Å². The number of halogens is 3. The quantitative estimate of drug-likeness (QED) is 0.671. The molecule has 0 unspecified atom stereocenters. The lowest BCUT2D eigenvalue weighted by atomic mass is 10.1. The molecule has 0 spiro atoms. The minimum atomic E-state index is -2.74. The molecule has 1 rings (SSSR count). The van der Waals surface area contributed by atoms with Crippen LogP contribution in [0.1, 0.15) is 27.9 Å². The van der Waals surface area contributed by atoms with Gasteiger partial charge in [0.15, 0.2) is 0 Å². The Bertz CT molecular complexity index is 382. The van der Waals surface area contributed by atoms with Gasteiger partial charge in [-0.3, -0.25) is 4.79 Å². The molecule has 0 fully saturated rings. The summed E-state index contributed by atoms with van der Waals surface area (Å²) in [7, 11) is 0. The number of nitrogens with two attached hydrogens (primary N) is 1. The van der Waals surface area contributed by atoms with Crippen LogP contribution in [0.15, 0.2) is 6.20 Å². The van der Waals surface area contributed by atoms with Crippen molar-refractivity contribution in [2.24, 2.45) is 5.73 Å². The van der Waals surface area contributed by atoms with Gasteiger partial charge in [0, 0.05) is 6.20 Å².